The molecule has 1 aliphatic heterocycles. The van der Waals surface area contributed by atoms with Crippen molar-refractivity contribution in [2.45, 2.75) is 11.8 Å². The average molecular weight is 458 g/mol. The molecule has 32 heavy (non-hydrogen) atoms. The fourth-order valence-electron chi connectivity index (χ4n) is 3.37. The summed E-state index contributed by atoms with van der Waals surface area (Å²) in [6, 6.07) is 13.6. The van der Waals surface area contributed by atoms with Crippen molar-refractivity contribution in [2.24, 2.45) is 0 Å². The van der Waals surface area contributed by atoms with Crippen LogP contribution in [0.2, 0.25) is 0 Å². The van der Waals surface area contributed by atoms with E-state index in [1.54, 1.807) is 6.92 Å². The predicted molar refractivity (Wildman–Crippen MR) is 117 cm³/mol. The number of nitrogens with one attached hydrogen (secondary N) is 1. The smallest absolute Gasteiger partial charge is 0.278 e. The van der Waals surface area contributed by atoms with Gasteiger partial charge in [0.25, 0.3) is 5.91 Å². The molecule has 0 atom stereocenters. The third-order valence-corrected chi connectivity index (χ3v) is 6.95. The molecule has 4 rings (SSSR count). The summed E-state index contributed by atoms with van der Waals surface area (Å²) in [6.45, 7) is 2.88. The number of anilines is 1. The Morgan fingerprint density at radius 2 is 1.84 bits per heavy atom. The second-order valence-corrected chi connectivity index (χ2v) is 9.06. The first-order valence-electron chi connectivity index (χ1n) is 10.0. The zero-order valence-electron chi connectivity index (χ0n) is 17.7. The summed E-state index contributed by atoms with van der Waals surface area (Å²) < 4.78 is 43.6. The molecule has 0 unspecified atom stereocenters. The van der Waals surface area contributed by atoms with E-state index in [1.807, 2.05) is 30.3 Å². The third kappa shape index (κ3) is 4.38. The van der Waals surface area contributed by atoms with Crippen LogP contribution in [-0.2, 0) is 14.8 Å². The van der Waals surface area contributed by atoms with Crippen LogP contribution in [0.15, 0.2) is 57.8 Å². The molecule has 0 spiro atoms. The number of benzene rings is 2. The van der Waals surface area contributed by atoms with Crippen molar-refractivity contribution in [1.82, 2.24) is 9.29 Å². The van der Waals surface area contributed by atoms with E-state index in [9.17, 15) is 13.2 Å². The van der Waals surface area contributed by atoms with Gasteiger partial charge < -0.3 is 19.2 Å². The van der Waals surface area contributed by atoms with Crippen LogP contribution in [0.3, 0.4) is 0 Å². The van der Waals surface area contributed by atoms with Crippen LogP contribution < -0.4 is 10.1 Å². The van der Waals surface area contributed by atoms with Crippen molar-refractivity contribution in [3.05, 3.63) is 60.0 Å². The van der Waals surface area contributed by atoms with Gasteiger partial charge in [-0.15, -0.1) is 0 Å². The normalized spacial score (nSPS) is 14.8. The maximum absolute atomic E-state index is 13.0. The molecule has 0 radical (unpaired) electrons. The Bertz CT molecular complexity index is 1220. The predicted octanol–water partition coefficient (Wildman–Crippen LogP) is 2.93. The van der Waals surface area contributed by atoms with Gasteiger partial charge >= 0.3 is 0 Å². The average Bonchev–Trinajstić information content (AvgIpc) is 3.22. The van der Waals surface area contributed by atoms with Gasteiger partial charge in [-0.25, -0.2) is 13.4 Å². The Balaban J connectivity index is 1.62. The molecule has 2 aromatic carbocycles. The van der Waals surface area contributed by atoms with Gasteiger partial charge in [-0.05, 0) is 37.3 Å². The van der Waals surface area contributed by atoms with E-state index in [4.69, 9.17) is 13.9 Å². The number of hydrogen-bond donors (Lipinski definition) is 1. The van der Waals surface area contributed by atoms with E-state index in [-0.39, 0.29) is 29.4 Å². The van der Waals surface area contributed by atoms with Crippen molar-refractivity contribution in [3.8, 4) is 17.2 Å². The molecule has 1 N–H and O–H groups in total. The summed E-state index contributed by atoms with van der Waals surface area (Å²) >= 11 is 0. The van der Waals surface area contributed by atoms with E-state index in [0.717, 1.165) is 5.56 Å². The first-order chi connectivity index (χ1) is 15.4. The largest absolute Gasteiger partial charge is 0.495 e. The lowest BCUT2D eigenvalue weighted by Gasteiger charge is -2.26. The number of aromatic nitrogens is 1. The SMILES string of the molecule is COc1ccc(S(=O)(=O)N2CCOCC2)cc1NC(=O)c1nc(-c2ccccc2)oc1C. The number of rotatable bonds is 6. The van der Waals surface area contributed by atoms with E-state index in [2.05, 4.69) is 10.3 Å². The number of ether oxygens (including phenoxy) is 2. The number of morpholine rings is 1. The molecule has 168 valence electrons. The van der Waals surface area contributed by atoms with E-state index < -0.39 is 15.9 Å². The number of carbonyl (C=O) groups is 1. The lowest BCUT2D eigenvalue weighted by molar-refractivity contribution is 0.0730. The summed E-state index contributed by atoms with van der Waals surface area (Å²) in [4.78, 5) is 17.3. The molecule has 0 bridgehead atoms. The minimum absolute atomic E-state index is 0.0531. The van der Waals surface area contributed by atoms with Gasteiger partial charge in [0.1, 0.15) is 11.5 Å². The van der Waals surface area contributed by atoms with Crippen LogP contribution in [0.4, 0.5) is 5.69 Å². The fourth-order valence-corrected chi connectivity index (χ4v) is 4.81. The summed E-state index contributed by atoms with van der Waals surface area (Å²) in [5, 5.41) is 2.70. The Kier molecular flexibility index (Phi) is 6.26. The standard InChI is InChI=1S/C22H23N3O6S/c1-15-20(24-22(31-15)16-6-4-3-5-7-16)21(26)23-18-14-17(8-9-19(18)29-2)32(27,28)25-10-12-30-13-11-25/h3-9,14H,10-13H2,1-2H3,(H,23,26). The molecule has 1 fully saturated rings. The van der Waals surface area contributed by atoms with Crippen LogP contribution in [0, 0.1) is 6.92 Å². The third-order valence-electron chi connectivity index (χ3n) is 5.06. The van der Waals surface area contributed by atoms with Gasteiger partial charge in [0.2, 0.25) is 15.9 Å². The zero-order valence-corrected chi connectivity index (χ0v) is 18.5. The Labute approximate surface area is 186 Å². The highest BCUT2D eigenvalue weighted by Crippen LogP contribution is 2.30. The second-order valence-electron chi connectivity index (χ2n) is 7.12. The highest BCUT2D eigenvalue weighted by molar-refractivity contribution is 7.89. The van der Waals surface area contributed by atoms with E-state index >= 15 is 0 Å². The number of sulfonamides is 1. The minimum atomic E-state index is -3.74. The number of amides is 1. The topological polar surface area (TPSA) is 111 Å². The van der Waals surface area contributed by atoms with E-state index in [1.165, 1.54) is 29.6 Å². The molecule has 0 aliphatic carbocycles. The highest BCUT2D eigenvalue weighted by Gasteiger charge is 2.28. The fraction of sp³-hybridized carbons (Fsp3) is 0.273. The quantitative estimate of drug-likeness (QED) is 0.606. The number of aryl methyl sites for hydroxylation is 1. The van der Waals surface area contributed by atoms with E-state index in [0.29, 0.717) is 30.6 Å². The number of carbonyl (C=O) groups excluding carboxylic acids is 1. The lowest BCUT2D eigenvalue weighted by Crippen LogP contribution is -2.40. The van der Waals surface area contributed by atoms with Gasteiger partial charge in [0.05, 0.1) is 30.9 Å². The Morgan fingerprint density at radius 3 is 2.53 bits per heavy atom. The first-order valence-corrected chi connectivity index (χ1v) is 11.4. The molecule has 1 amide bonds. The van der Waals surface area contributed by atoms with Crippen molar-refractivity contribution < 1.29 is 27.1 Å². The first kappa shape index (κ1) is 22.0. The van der Waals surface area contributed by atoms with Crippen LogP contribution >= 0.6 is 0 Å². The highest BCUT2D eigenvalue weighted by atomic mass is 32.2. The van der Waals surface area contributed by atoms with Crippen molar-refractivity contribution in [3.63, 3.8) is 0 Å². The monoisotopic (exact) mass is 457 g/mol. The Hall–Kier alpha value is -3.21. The number of methoxy groups -OCH3 is 1. The maximum atomic E-state index is 13.0. The summed E-state index contributed by atoms with van der Waals surface area (Å²) in [5.74, 6) is 0.456. The molecule has 3 aromatic rings. The zero-order chi connectivity index (χ0) is 22.7. The Morgan fingerprint density at radius 1 is 1.12 bits per heavy atom. The maximum Gasteiger partial charge on any atom is 0.278 e. The molecule has 9 nitrogen and oxygen atoms in total. The molecular weight excluding hydrogens is 434 g/mol. The summed E-state index contributed by atoms with van der Waals surface area (Å²) in [6.07, 6.45) is 0. The number of oxazole rings is 1. The van der Waals surface area contributed by atoms with Crippen LogP contribution in [0.25, 0.3) is 11.5 Å². The summed E-state index contributed by atoms with van der Waals surface area (Å²) in [7, 11) is -2.30. The molecule has 1 aliphatic rings. The van der Waals surface area contributed by atoms with Crippen LogP contribution in [0.1, 0.15) is 16.2 Å². The molecule has 0 saturated carbocycles. The lowest BCUT2D eigenvalue weighted by atomic mass is 10.2. The van der Waals surface area contributed by atoms with Gasteiger partial charge in [0, 0.05) is 18.7 Å². The molecule has 1 saturated heterocycles. The molecule has 10 heteroatoms. The van der Waals surface area contributed by atoms with Crippen molar-refractivity contribution >= 4 is 21.6 Å². The van der Waals surface area contributed by atoms with Gasteiger partial charge in [-0.1, -0.05) is 18.2 Å². The second kappa shape index (κ2) is 9.11. The molecule has 2 heterocycles. The van der Waals surface area contributed by atoms with Gasteiger partial charge in [0.15, 0.2) is 5.69 Å². The number of nitrogens with zero attached hydrogens (tertiary/aromatic N) is 2. The number of hydrogen-bond acceptors (Lipinski definition) is 7. The van der Waals surface area contributed by atoms with Crippen molar-refractivity contribution in [1.29, 1.82) is 0 Å². The van der Waals surface area contributed by atoms with Gasteiger partial charge in [-0.3, -0.25) is 4.79 Å². The molecule has 1 aromatic heterocycles. The van der Waals surface area contributed by atoms with Gasteiger partial charge in [-0.2, -0.15) is 4.31 Å². The van der Waals surface area contributed by atoms with Crippen LogP contribution in [-0.4, -0.2) is 57.0 Å². The summed E-state index contributed by atoms with van der Waals surface area (Å²) in [5.41, 5.74) is 1.06. The van der Waals surface area contributed by atoms with Crippen LogP contribution in [0.5, 0.6) is 5.75 Å². The van der Waals surface area contributed by atoms with Crippen molar-refractivity contribution in [2.75, 3.05) is 38.7 Å². The minimum Gasteiger partial charge on any atom is -0.495 e. The molecular formula is C22H23N3O6S.